The number of amides is 1. The third kappa shape index (κ3) is 3.57. The standard InChI is InChI=1S/C16H23FN2O/c1-12(2)19-10-8-16(3,9-11-19)18-15(20)13-4-6-14(17)7-5-13/h4-7,12H,8-11H2,1-3H3,(H,18,20). The van der Waals surface area contributed by atoms with Gasteiger partial charge in [-0.05, 0) is 57.9 Å². The van der Waals surface area contributed by atoms with Crippen molar-refractivity contribution in [3.63, 3.8) is 0 Å². The van der Waals surface area contributed by atoms with Gasteiger partial charge in [-0.2, -0.15) is 0 Å². The van der Waals surface area contributed by atoms with Crippen LogP contribution in [0.25, 0.3) is 0 Å². The summed E-state index contributed by atoms with van der Waals surface area (Å²) in [6.45, 7) is 8.47. The molecule has 1 N–H and O–H groups in total. The fourth-order valence-electron chi connectivity index (χ4n) is 2.61. The van der Waals surface area contributed by atoms with Crippen molar-refractivity contribution in [3.05, 3.63) is 35.6 Å². The molecule has 0 bridgehead atoms. The average molecular weight is 278 g/mol. The van der Waals surface area contributed by atoms with Gasteiger partial charge in [0.2, 0.25) is 0 Å². The van der Waals surface area contributed by atoms with Gasteiger partial charge in [-0.15, -0.1) is 0 Å². The van der Waals surface area contributed by atoms with E-state index in [2.05, 4.69) is 31.0 Å². The van der Waals surface area contributed by atoms with Crippen molar-refractivity contribution in [2.24, 2.45) is 0 Å². The molecule has 0 radical (unpaired) electrons. The lowest BCUT2D eigenvalue weighted by Crippen LogP contribution is -2.54. The van der Waals surface area contributed by atoms with Crippen molar-refractivity contribution in [2.45, 2.75) is 45.2 Å². The molecule has 1 aliphatic rings. The third-order valence-corrected chi connectivity index (χ3v) is 4.15. The van der Waals surface area contributed by atoms with Gasteiger partial charge in [0.1, 0.15) is 5.82 Å². The largest absolute Gasteiger partial charge is 0.347 e. The summed E-state index contributed by atoms with van der Waals surface area (Å²) in [5.41, 5.74) is 0.343. The van der Waals surface area contributed by atoms with Crippen LogP contribution in [-0.4, -0.2) is 35.5 Å². The van der Waals surface area contributed by atoms with Crippen molar-refractivity contribution in [1.82, 2.24) is 10.2 Å². The highest BCUT2D eigenvalue weighted by molar-refractivity contribution is 5.94. The van der Waals surface area contributed by atoms with Gasteiger partial charge in [0.15, 0.2) is 0 Å². The lowest BCUT2D eigenvalue weighted by atomic mass is 9.88. The first-order valence-corrected chi connectivity index (χ1v) is 7.22. The summed E-state index contributed by atoms with van der Waals surface area (Å²) in [5, 5.41) is 3.10. The molecule has 4 heteroatoms. The topological polar surface area (TPSA) is 32.3 Å². The lowest BCUT2D eigenvalue weighted by molar-refractivity contribution is 0.0801. The summed E-state index contributed by atoms with van der Waals surface area (Å²) in [5.74, 6) is -0.441. The monoisotopic (exact) mass is 278 g/mol. The number of nitrogens with zero attached hydrogens (tertiary/aromatic N) is 1. The Morgan fingerprint density at radius 3 is 2.30 bits per heavy atom. The Labute approximate surface area is 120 Å². The summed E-state index contributed by atoms with van der Waals surface area (Å²) in [7, 11) is 0. The quantitative estimate of drug-likeness (QED) is 0.922. The number of rotatable bonds is 3. The Bertz CT molecular complexity index is 462. The predicted molar refractivity (Wildman–Crippen MR) is 78.2 cm³/mol. The van der Waals surface area contributed by atoms with Gasteiger partial charge in [0, 0.05) is 30.2 Å². The molecule has 0 unspecified atom stereocenters. The molecule has 0 atom stereocenters. The minimum absolute atomic E-state index is 0.120. The molecule has 1 saturated heterocycles. The molecule has 1 aromatic rings. The number of piperidine rings is 1. The number of halogens is 1. The maximum atomic E-state index is 12.9. The van der Waals surface area contributed by atoms with Crippen LogP contribution in [0.2, 0.25) is 0 Å². The highest BCUT2D eigenvalue weighted by Gasteiger charge is 2.32. The Morgan fingerprint density at radius 1 is 1.25 bits per heavy atom. The van der Waals surface area contributed by atoms with Crippen molar-refractivity contribution in [2.75, 3.05) is 13.1 Å². The Hall–Kier alpha value is -1.42. The second-order valence-electron chi connectivity index (χ2n) is 6.15. The van der Waals surface area contributed by atoms with Gasteiger partial charge < -0.3 is 10.2 Å². The molecule has 1 aliphatic heterocycles. The van der Waals surface area contributed by atoms with E-state index >= 15 is 0 Å². The van der Waals surface area contributed by atoms with Crippen molar-refractivity contribution < 1.29 is 9.18 Å². The van der Waals surface area contributed by atoms with E-state index < -0.39 is 0 Å². The van der Waals surface area contributed by atoms with Crippen molar-refractivity contribution in [1.29, 1.82) is 0 Å². The van der Waals surface area contributed by atoms with Gasteiger partial charge in [0.25, 0.3) is 5.91 Å². The zero-order valence-corrected chi connectivity index (χ0v) is 12.4. The summed E-state index contributed by atoms with van der Waals surface area (Å²) in [6.07, 6.45) is 1.89. The van der Waals surface area contributed by atoms with Crippen LogP contribution in [0.15, 0.2) is 24.3 Å². The molecule has 0 aliphatic carbocycles. The van der Waals surface area contributed by atoms with E-state index in [-0.39, 0.29) is 17.3 Å². The molecule has 1 amide bonds. The first-order valence-electron chi connectivity index (χ1n) is 7.22. The van der Waals surface area contributed by atoms with E-state index in [0.717, 1.165) is 25.9 Å². The van der Waals surface area contributed by atoms with E-state index in [9.17, 15) is 9.18 Å². The fourth-order valence-corrected chi connectivity index (χ4v) is 2.61. The molecule has 1 heterocycles. The first-order chi connectivity index (χ1) is 9.39. The van der Waals surface area contributed by atoms with Crippen LogP contribution in [0.4, 0.5) is 4.39 Å². The summed E-state index contributed by atoms with van der Waals surface area (Å²) >= 11 is 0. The Morgan fingerprint density at radius 2 is 1.80 bits per heavy atom. The van der Waals surface area contributed by atoms with Crippen LogP contribution in [0.3, 0.4) is 0 Å². The highest BCUT2D eigenvalue weighted by atomic mass is 19.1. The summed E-state index contributed by atoms with van der Waals surface area (Å²) < 4.78 is 12.9. The second-order valence-corrected chi connectivity index (χ2v) is 6.15. The minimum Gasteiger partial charge on any atom is -0.347 e. The van der Waals surface area contributed by atoms with Crippen LogP contribution in [0, 0.1) is 5.82 Å². The molecule has 0 saturated carbocycles. The minimum atomic E-state index is -0.321. The van der Waals surface area contributed by atoms with Crippen molar-refractivity contribution in [3.8, 4) is 0 Å². The SMILES string of the molecule is CC(C)N1CCC(C)(NC(=O)c2ccc(F)cc2)CC1. The molecule has 0 aromatic heterocycles. The number of nitrogens with one attached hydrogen (secondary N) is 1. The van der Waals surface area contributed by atoms with Crippen LogP contribution in [0.1, 0.15) is 44.0 Å². The van der Waals surface area contributed by atoms with Gasteiger partial charge in [-0.25, -0.2) is 4.39 Å². The van der Waals surface area contributed by atoms with E-state index in [1.165, 1.54) is 24.3 Å². The fraction of sp³-hybridized carbons (Fsp3) is 0.562. The number of carbonyl (C=O) groups excluding carboxylic acids is 1. The molecule has 1 aromatic carbocycles. The smallest absolute Gasteiger partial charge is 0.251 e. The molecular weight excluding hydrogens is 255 g/mol. The van der Waals surface area contributed by atoms with Crippen LogP contribution >= 0.6 is 0 Å². The Kier molecular flexibility index (Phi) is 4.43. The molecule has 110 valence electrons. The maximum absolute atomic E-state index is 12.9. The second kappa shape index (κ2) is 5.92. The maximum Gasteiger partial charge on any atom is 0.251 e. The first kappa shape index (κ1) is 15.0. The van der Waals surface area contributed by atoms with Crippen LogP contribution < -0.4 is 5.32 Å². The molecule has 3 nitrogen and oxygen atoms in total. The highest BCUT2D eigenvalue weighted by Crippen LogP contribution is 2.23. The lowest BCUT2D eigenvalue weighted by Gasteiger charge is -2.41. The van der Waals surface area contributed by atoms with Crippen molar-refractivity contribution >= 4 is 5.91 Å². The molecular formula is C16H23FN2O. The van der Waals surface area contributed by atoms with Crippen LogP contribution in [-0.2, 0) is 0 Å². The zero-order valence-electron chi connectivity index (χ0n) is 12.4. The molecule has 0 spiro atoms. The molecule has 20 heavy (non-hydrogen) atoms. The van der Waals surface area contributed by atoms with E-state index in [1.807, 2.05) is 0 Å². The van der Waals surface area contributed by atoms with E-state index in [0.29, 0.717) is 11.6 Å². The van der Waals surface area contributed by atoms with Gasteiger partial charge in [-0.3, -0.25) is 4.79 Å². The molecule has 2 rings (SSSR count). The van der Waals surface area contributed by atoms with Gasteiger partial charge >= 0.3 is 0 Å². The van der Waals surface area contributed by atoms with Crippen LogP contribution in [0.5, 0.6) is 0 Å². The summed E-state index contributed by atoms with van der Waals surface area (Å²) in [6, 6.07) is 6.23. The number of carbonyl (C=O) groups is 1. The number of likely N-dealkylation sites (tertiary alicyclic amines) is 1. The average Bonchev–Trinajstić information content (AvgIpc) is 2.39. The van der Waals surface area contributed by atoms with E-state index in [4.69, 9.17) is 0 Å². The van der Waals surface area contributed by atoms with Gasteiger partial charge in [0.05, 0.1) is 0 Å². The summed E-state index contributed by atoms with van der Waals surface area (Å²) in [4.78, 5) is 14.6. The predicted octanol–water partition coefficient (Wildman–Crippen LogP) is 2.82. The molecule has 1 fully saturated rings. The normalized spacial score (nSPS) is 19.1. The van der Waals surface area contributed by atoms with Gasteiger partial charge in [-0.1, -0.05) is 0 Å². The third-order valence-electron chi connectivity index (χ3n) is 4.15. The Balaban J connectivity index is 1.96. The number of hydrogen-bond acceptors (Lipinski definition) is 2. The zero-order chi connectivity index (χ0) is 14.8. The number of hydrogen-bond donors (Lipinski definition) is 1. The van der Waals surface area contributed by atoms with E-state index in [1.54, 1.807) is 0 Å². The number of benzene rings is 1.